The molecule has 1 N–H and O–H groups in total. The molecule has 74 valence electrons. The van der Waals surface area contributed by atoms with Crippen LogP contribution in [-0.2, 0) is 0 Å². The highest BCUT2D eigenvalue weighted by molar-refractivity contribution is 5.95. The Morgan fingerprint density at radius 3 is 2.60 bits per heavy atom. The molecule has 0 aliphatic heterocycles. The zero-order valence-electron chi connectivity index (χ0n) is 7.79. The molecule has 0 unspecified atom stereocenters. The van der Waals surface area contributed by atoms with Crippen molar-refractivity contribution in [1.29, 1.82) is 0 Å². The Labute approximate surface area is 86.2 Å². The van der Waals surface area contributed by atoms with Crippen LogP contribution in [-0.4, -0.2) is 21.3 Å². The van der Waals surface area contributed by atoms with Gasteiger partial charge in [-0.05, 0) is 18.2 Å². The molecular formula is C11H8N2O2. The van der Waals surface area contributed by atoms with Crippen LogP contribution in [0.15, 0.2) is 42.6 Å². The summed E-state index contributed by atoms with van der Waals surface area (Å²) in [5, 5.41) is 16.6. The molecule has 4 heteroatoms. The zero-order chi connectivity index (χ0) is 10.7. The molecule has 0 fully saturated rings. The minimum Gasteiger partial charge on any atom is -0.478 e. The summed E-state index contributed by atoms with van der Waals surface area (Å²) in [6.07, 6.45) is 1.55. The van der Waals surface area contributed by atoms with Gasteiger partial charge in [-0.15, -0.1) is 0 Å². The van der Waals surface area contributed by atoms with Crippen molar-refractivity contribution in [2.24, 2.45) is 0 Å². The van der Waals surface area contributed by atoms with Gasteiger partial charge in [0.15, 0.2) is 0 Å². The fraction of sp³-hybridized carbons (Fsp3) is 0. The van der Waals surface area contributed by atoms with Gasteiger partial charge in [0.05, 0.1) is 11.3 Å². The highest BCUT2D eigenvalue weighted by atomic mass is 16.4. The van der Waals surface area contributed by atoms with E-state index >= 15 is 0 Å². The van der Waals surface area contributed by atoms with Gasteiger partial charge >= 0.3 is 5.97 Å². The van der Waals surface area contributed by atoms with Gasteiger partial charge in [0.1, 0.15) is 0 Å². The number of carboxylic acids is 1. The highest BCUT2D eigenvalue weighted by Crippen LogP contribution is 2.20. The summed E-state index contributed by atoms with van der Waals surface area (Å²) in [7, 11) is 0. The van der Waals surface area contributed by atoms with Crippen LogP contribution >= 0.6 is 0 Å². The van der Waals surface area contributed by atoms with Crippen LogP contribution in [0.5, 0.6) is 0 Å². The third-order valence-electron chi connectivity index (χ3n) is 2.01. The smallest absolute Gasteiger partial charge is 0.336 e. The maximum absolute atomic E-state index is 10.9. The molecular weight excluding hydrogens is 192 g/mol. The average molecular weight is 200 g/mol. The lowest BCUT2D eigenvalue weighted by Crippen LogP contribution is -2.00. The monoisotopic (exact) mass is 200 g/mol. The van der Waals surface area contributed by atoms with Gasteiger partial charge in [0, 0.05) is 11.8 Å². The second-order valence-corrected chi connectivity index (χ2v) is 2.96. The predicted molar refractivity (Wildman–Crippen MR) is 54.4 cm³/mol. The first-order chi connectivity index (χ1) is 7.29. The minimum atomic E-state index is -0.962. The van der Waals surface area contributed by atoms with E-state index in [1.807, 2.05) is 0 Å². The van der Waals surface area contributed by atoms with Crippen molar-refractivity contribution < 1.29 is 9.90 Å². The van der Waals surface area contributed by atoms with Crippen molar-refractivity contribution in [3.8, 4) is 11.3 Å². The molecule has 0 aliphatic rings. The van der Waals surface area contributed by atoms with Crippen molar-refractivity contribution in [2.45, 2.75) is 0 Å². The molecule has 2 aromatic rings. The minimum absolute atomic E-state index is 0.234. The topological polar surface area (TPSA) is 63.1 Å². The Hall–Kier alpha value is -2.23. The number of hydrogen-bond donors (Lipinski definition) is 1. The van der Waals surface area contributed by atoms with Gasteiger partial charge in [0.25, 0.3) is 0 Å². The molecule has 15 heavy (non-hydrogen) atoms. The summed E-state index contributed by atoms with van der Waals surface area (Å²) in [6.45, 7) is 0. The van der Waals surface area contributed by atoms with Gasteiger partial charge in [0.2, 0.25) is 0 Å². The number of aromatic nitrogens is 2. The summed E-state index contributed by atoms with van der Waals surface area (Å²) >= 11 is 0. The first-order valence-electron chi connectivity index (χ1n) is 4.39. The molecule has 0 spiro atoms. The van der Waals surface area contributed by atoms with Crippen molar-refractivity contribution in [2.75, 3.05) is 0 Å². The number of benzene rings is 1. The van der Waals surface area contributed by atoms with Crippen LogP contribution in [0.1, 0.15) is 10.4 Å². The van der Waals surface area contributed by atoms with Gasteiger partial charge in [-0.25, -0.2) is 4.79 Å². The standard InChI is InChI=1S/C11H8N2O2/c14-11(15)9-5-2-1-4-8(9)10-6-3-7-12-13-10/h1-7H,(H,14,15). The first kappa shape index (κ1) is 9.33. The number of carboxylic acid groups (broad SMARTS) is 1. The van der Waals surface area contributed by atoms with E-state index in [4.69, 9.17) is 5.11 Å². The molecule has 4 nitrogen and oxygen atoms in total. The molecule has 0 bridgehead atoms. The van der Waals surface area contributed by atoms with E-state index in [0.717, 1.165) is 0 Å². The molecule has 2 rings (SSSR count). The van der Waals surface area contributed by atoms with Crippen molar-refractivity contribution in [3.05, 3.63) is 48.2 Å². The number of hydrogen-bond acceptors (Lipinski definition) is 3. The fourth-order valence-electron chi connectivity index (χ4n) is 1.34. The molecule has 0 amide bonds. The molecule has 0 aliphatic carbocycles. The first-order valence-corrected chi connectivity index (χ1v) is 4.39. The number of rotatable bonds is 2. The van der Waals surface area contributed by atoms with Crippen LogP contribution < -0.4 is 0 Å². The summed E-state index contributed by atoms with van der Waals surface area (Å²) < 4.78 is 0. The normalized spacial score (nSPS) is 9.87. The van der Waals surface area contributed by atoms with Gasteiger partial charge < -0.3 is 5.11 Å². The average Bonchev–Trinajstić information content (AvgIpc) is 2.30. The highest BCUT2D eigenvalue weighted by Gasteiger charge is 2.11. The lowest BCUT2D eigenvalue weighted by Gasteiger charge is -2.03. The Balaban J connectivity index is 2.58. The lowest BCUT2D eigenvalue weighted by molar-refractivity contribution is 0.0697. The van der Waals surface area contributed by atoms with Crippen LogP contribution in [0, 0.1) is 0 Å². The van der Waals surface area contributed by atoms with E-state index < -0.39 is 5.97 Å². The quantitative estimate of drug-likeness (QED) is 0.803. The summed E-state index contributed by atoms with van der Waals surface area (Å²) in [5.74, 6) is -0.962. The van der Waals surface area contributed by atoms with E-state index in [9.17, 15) is 4.79 Å². The van der Waals surface area contributed by atoms with E-state index in [0.29, 0.717) is 11.3 Å². The molecule has 1 aromatic carbocycles. The maximum atomic E-state index is 10.9. The van der Waals surface area contributed by atoms with Gasteiger partial charge in [-0.2, -0.15) is 10.2 Å². The van der Waals surface area contributed by atoms with Crippen molar-refractivity contribution in [3.63, 3.8) is 0 Å². The zero-order valence-corrected chi connectivity index (χ0v) is 7.79. The second-order valence-electron chi connectivity index (χ2n) is 2.96. The third kappa shape index (κ3) is 1.83. The predicted octanol–water partition coefficient (Wildman–Crippen LogP) is 1.84. The summed E-state index contributed by atoms with van der Waals surface area (Å²) in [4.78, 5) is 10.9. The van der Waals surface area contributed by atoms with Crippen LogP contribution in [0.25, 0.3) is 11.3 Å². The lowest BCUT2D eigenvalue weighted by atomic mass is 10.0. The van der Waals surface area contributed by atoms with Gasteiger partial charge in [-0.1, -0.05) is 18.2 Å². The summed E-state index contributed by atoms with van der Waals surface area (Å²) in [6, 6.07) is 10.2. The fourth-order valence-corrected chi connectivity index (χ4v) is 1.34. The van der Waals surface area contributed by atoms with Crippen LogP contribution in [0.3, 0.4) is 0 Å². The Kier molecular flexibility index (Phi) is 2.41. The largest absolute Gasteiger partial charge is 0.478 e. The maximum Gasteiger partial charge on any atom is 0.336 e. The van der Waals surface area contributed by atoms with Crippen molar-refractivity contribution >= 4 is 5.97 Å². The summed E-state index contributed by atoms with van der Waals surface area (Å²) in [5.41, 5.74) is 1.38. The molecule has 1 heterocycles. The number of carbonyl (C=O) groups is 1. The van der Waals surface area contributed by atoms with E-state index in [1.165, 1.54) is 0 Å². The Bertz CT molecular complexity index is 483. The second kappa shape index (κ2) is 3.88. The van der Waals surface area contributed by atoms with E-state index in [1.54, 1.807) is 42.6 Å². The molecule has 0 saturated carbocycles. The van der Waals surface area contributed by atoms with E-state index in [-0.39, 0.29) is 5.56 Å². The molecule has 0 atom stereocenters. The number of aromatic carboxylic acids is 1. The van der Waals surface area contributed by atoms with Crippen molar-refractivity contribution in [1.82, 2.24) is 10.2 Å². The van der Waals surface area contributed by atoms with Crippen LogP contribution in [0.2, 0.25) is 0 Å². The molecule has 0 saturated heterocycles. The van der Waals surface area contributed by atoms with Gasteiger partial charge in [-0.3, -0.25) is 0 Å². The van der Waals surface area contributed by atoms with E-state index in [2.05, 4.69) is 10.2 Å². The molecule has 1 aromatic heterocycles. The third-order valence-corrected chi connectivity index (χ3v) is 2.01. The number of nitrogens with zero attached hydrogens (tertiary/aromatic N) is 2. The SMILES string of the molecule is O=C(O)c1ccccc1-c1cccnn1. The Morgan fingerprint density at radius 1 is 1.13 bits per heavy atom. The Morgan fingerprint density at radius 2 is 1.93 bits per heavy atom. The van der Waals surface area contributed by atoms with Crippen LogP contribution in [0.4, 0.5) is 0 Å². The molecule has 0 radical (unpaired) electrons.